The molecule has 0 aliphatic carbocycles. The Hall–Kier alpha value is -3.35. The van der Waals surface area contributed by atoms with E-state index in [0.717, 1.165) is 0 Å². The lowest BCUT2D eigenvalue weighted by Crippen LogP contribution is -2.11. The number of H-pyrrole nitrogens is 1. The lowest BCUT2D eigenvalue weighted by atomic mass is 10.1. The highest BCUT2D eigenvalue weighted by Crippen LogP contribution is 2.36. The summed E-state index contributed by atoms with van der Waals surface area (Å²) in [6.07, 6.45) is 0. The van der Waals surface area contributed by atoms with Crippen LogP contribution >= 0.6 is 0 Å². The maximum Gasteiger partial charge on any atom is 0.335 e. The molecule has 122 valence electrons. The fraction of sp³-hybridized carbons (Fsp3) is 0.118. The lowest BCUT2D eigenvalue weighted by molar-refractivity contribution is 0.0697. The van der Waals surface area contributed by atoms with Crippen LogP contribution in [-0.2, 0) is 0 Å². The molecule has 2 N–H and O–H groups in total. The summed E-state index contributed by atoms with van der Waals surface area (Å²) >= 11 is 0. The molecule has 0 saturated heterocycles. The van der Waals surface area contributed by atoms with Gasteiger partial charge in [0, 0.05) is 0 Å². The molecule has 24 heavy (non-hydrogen) atoms. The predicted molar refractivity (Wildman–Crippen MR) is 87.9 cm³/mol. The molecule has 0 atom stereocenters. The maximum atomic E-state index is 12.4. The van der Waals surface area contributed by atoms with Crippen molar-refractivity contribution in [3.8, 4) is 22.9 Å². The molecule has 0 saturated carbocycles. The van der Waals surface area contributed by atoms with Crippen molar-refractivity contribution < 1.29 is 19.4 Å². The number of benzene rings is 2. The Labute approximate surface area is 136 Å². The van der Waals surface area contributed by atoms with Crippen molar-refractivity contribution in [2.75, 3.05) is 14.2 Å². The molecule has 0 spiro atoms. The molecule has 0 aliphatic rings. The van der Waals surface area contributed by atoms with Gasteiger partial charge in [-0.05, 0) is 30.3 Å². The third-order valence-electron chi connectivity index (χ3n) is 3.62. The lowest BCUT2D eigenvalue weighted by Gasteiger charge is -2.12. The Balaban J connectivity index is 2.28. The van der Waals surface area contributed by atoms with Gasteiger partial charge in [0.15, 0.2) is 0 Å². The Morgan fingerprint density at radius 3 is 2.38 bits per heavy atom. The van der Waals surface area contributed by atoms with E-state index in [4.69, 9.17) is 14.6 Å². The zero-order valence-corrected chi connectivity index (χ0v) is 13.0. The zero-order chi connectivity index (χ0) is 17.3. The summed E-state index contributed by atoms with van der Waals surface area (Å²) in [5, 5.41) is 9.24. The number of carbonyl (C=O) groups is 1. The van der Waals surface area contributed by atoms with Gasteiger partial charge in [-0.25, -0.2) is 9.78 Å². The molecule has 3 rings (SSSR count). The van der Waals surface area contributed by atoms with Gasteiger partial charge < -0.3 is 19.6 Å². The maximum absolute atomic E-state index is 12.4. The SMILES string of the molecule is COc1cccc(OC)c1-c1nc2ccc(C(=O)O)cc2c(=O)[nH]1. The molecule has 0 amide bonds. The van der Waals surface area contributed by atoms with Gasteiger partial charge in [0.1, 0.15) is 22.9 Å². The largest absolute Gasteiger partial charge is 0.496 e. The van der Waals surface area contributed by atoms with Crippen LogP contribution in [0, 0.1) is 0 Å². The van der Waals surface area contributed by atoms with Crippen molar-refractivity contribution in [1.82, 2.24) is 9.97 Å². The number of nitrogens with one attached hydrogen (secondary N) is 1. The van der Waals surface area contributed by atoms with Gasteiger partial charge in [-0.1, -0.05) is 6.07 Å². The Bertz CT molecular complexity index is 972. The average molecular weight is 326 g/mol. The van der Waals surface area contributed by atoms with Crippen molar-refractivity contribution in [3.05, 3.63) is 52.3 Å². The number of methoxy groups -OCH3 is 2. The van der Waals surface area contributed by atoms with Crippen LogP contribution in [0.1, 0.15) is 10.4 Å². The Morgan fingerprint density at radius 2 is 1.79 bits per heavy atom. The zero-order valence-electron chi connectivity index (χ0n) is 13.0. The first-order chi connectivity index (χ1) is 11.5. The van der Waals surface area contributed by atoms with E-state index in [2.05, 4.69) is 9.97 Å². The molecule has 7 heteroatoms. The van der Waals surface area contributed by atoms with Gasteiger partial charge in [-0.2, -0.15) is 0 Å². The van der Waals surface area contributed by atoms with Crippen LogP contribution in [0.5, 0.6) is 11.5 Å². The van der Waals surface area contributed by atoms with Crippen LogP contribution in [0.3, 0.4) is 0 Å². The summed E-state index contributed by atoms with van der Waals surface area (Å²) in [7, 11) is 3.02. The number of hydrogen-bond acceptors (Lipinski definition) is 5. The van der Waals surface area contributed by atoms with Gasteiger partial charge in [0.05, 0.1) is 30.7 Å². The molecule has 0 fully saturated rings. The molecule has 0 unspecified atom stereocenters. The number of rotatable bonds is 4. The van der Waals surface area contributed by atoms with Crippen molar-refractivity contribution >= 4 is 16.9 Å². The highest BCUT2D eigenvalue weighted by molar-refractivity contribution is 5.93. The first-order valence-corrected chi connectivity index (χ1v) is 7.04. The molecule has 0 bridgehead atoms. The number of nitrogens with zero attached hydrogens (tertiary/aromatic N) is 1. The van der Waals surface area contributed by atoms with Gasteiger partial charge >= 0.3 is 5.97 Å². The van der Waals surface area contributed by atoms with E-state index in [1.165, 1.54) is 32.4 Å². The topological polar surface area (TPSA) is 102 Å². The van der Waals surface area contributed by atoms with Crippen LogP contribution in [0.25, 0.3) is 22.3 Å². The van der Waals surface area contributed by atoms with Crippen molar-refractivity contribution in [3.63, 3.8) is 0 Å². The highest BCUT2D eigenvalue weighted by Gasteiger charge is 2.16. The number of aromatic amines is 1. The number of ether oxygens (including phenoxy) is 2. The molecule has 3 aromatic rings. The third-order valence-corrected chi connectivity index (χ3v) is 3.62. The molecule has 1 aromatic heterocycles. The number of hydrogen-bond donors (Lipinski definition) is 2. The molecule has 2 aromatic carbocycles. The number of aromatic carboxylic acids is 1. The smallest absolute Gasteiger partial charge is 0.335 e. The fourth-order valence-electron chi connectivity index (χ4n) is 2.47. The molecule has 1 heterocycles. The Morgan fingerprint density at radius 1 is 1.12 bits per heavy atom. The summed E-state index contributed by atoms with van der Waals surface area (Å²) in [5.41, 5.74) is 0.485. The first kappa shape index (κ1) is 15.5. The number of carboxylic acid groups (broad SMARTS) is 1. The molecule has 7 nitrogen and oxygen atoms in total. The summed E-state index contributed by atoms with van der Waals surface area (Å²) in [6.45, 7) is 0. The standard InChI is InChI=1S/C17H14N2O5/c1-23-12-4-3-5-13(24-2)14(12)15-18-11-7-6-9(17(21)22)8-10(11)16(20)19-15/h3-8H,1-2H3,(H,21,22)(H,18,19,20). The monoisotopic (exact) mass is 326 g/mol. The van der Waals surface area contributed by atoms with Crippen LogP contribution in [0.2, 0.25) is 0 Å². The summed E-state index contributed by atoms with van der Waals surface area (Å²) in [4.78, 5) is 30.5. The molecule has 0 radical (unpaired) electrons. The van der Waals surface area contributed by atoms with Gasteiger partial charge in [-0.15, -0.1) is 0 Å². The van der Waals surface area contributed by atoms with E-state index < -0.39 is 11.5 Å². The quantitative estimate of drug-likeness (QED) is 0.763. The number of carboxylic acids is 1. The number of aromatic nitrogens is 2. The first-order valence-electron chi connectivity index (χ1n) is 7.04. The van der Waals surface area contributed by atoms with E-state index in [1.54, 1.807) is 18.2 Å². The van der Waals surface area contributed by atoms with Crippen molar-refractivity contribution in [2.45, 2.75) is 0 Å². The van der Waals surface area contributed by atoms with E-state index >= 15 is 0 Å². The fourth-order valence-corrected chi connectivity index (χ4v) is 2.47. The van der Waals surface area contributed by atoms with Gasteiger partial charge in [0.25, 0.3) is 5.56 Å². The predicted octanol–water partition coefficient (Wildman–Crippen LogP) is 2.31. The van der Waals surface area contributed by atoms with Gasteiger partial charge in [-0.3, -0.25) is 4.79 Å². The molecular weight excluding hydrogens is 312 g/mol. The summed E-state index contributed by atoms with van der Waals surface area (Å²) in [6, 6.07) is 9.43. The Kier molecular flexibility index (Phi) is 3.91. The second-order valence-electron chi connectivity index (χ2n) is 4.99. The third kappa shape index (κ3) is 2.56. The van der Waals surface area contributed by atoms with Crippen molar-refractivity contribution in [1.29, 1.82) is 0 Å². The van der Waals surface area contributed by atoms with Gasteiger partial charge in [0.2, 0.25) is 0 Å². The van der Waals surface area contributed by atoms with Crippen LogP contribution in [-0.4, -0.2) is 35.3 Å². The number of fused-ring (bicyclic) bond motifs is 1. The summed E-state index contributed by atoms with van der Waals surface area (Å²) in [5.74, 6) is 0.176. The summed E-state index contributed by atoms with van der Waals surface area (Å²) < 4.78 is 10.6. The second-order valence-corrected chi connectivity index (χ2v) is 4.99. The molecular formula is C17H14N2O5. The normalized spacial score (nSPS) is 10.6. The van der Waals surface area contributed by atoms with E-state index in [-0.39, 0.29) is 16.8 Å². The minimum atomic E-state index is -1.10. The van der Waals surface area contributed by atoms with Crippen LogP contribution in [0.4, 0.5) is 0 Å². The highest BCUT2D eigenvalue weighted by atomic mass is 16.5. The van der Waals surface area contributed by atoms with Crippen LogP contribution in [0.15, 0.2) is 41.2 Å². The van der Waals surface area contributed by atoms with Crippen LogP contribution < -0.4 is 15.0 Å². The van der Waals surface area contributed by atoms with E-state index in [1.807, 2.05) is 0 Å². The van der Waals surface area contributed by atoms with E-state index in [0.29, 0.717) is 22.6 Å². The average Bonchev–Trinajstić information content (AvgIpc) is 2.60. The van der Waals surface area contributed by atoms with E-state index in [9.17, 15) is 9.59 Å². The second kappa shape index (κ2) is 6.04. The minimum absolute atomic E-state index is 0.0254. The van der Waals surface area contributed by atoms with Crippen molar-refractivity contribution in [2.24, 2.45) is 0 Å². The molecule has 0 aliphatic heterocycles. The minimum Gasteiger partial charge on any atom is -0.496 e.